The molecular formula is C9H16O3. The lowest BCUT2D eigenvalue weighted by Crippen LogP contribution is -2.31. The molecule has 70 valence electrons. The number of rotatable bonds is 4. The zero-order valence-electron chi connectivity index (χ0n) is 7.78. The van der Waals surface area contributed by atoms with E-state index in [4.69, 9.17) is 0 Å². The first kappa shape index (κ1) is 11.2. The van der Waals surface area contributed by atoms with Crippen molar-refractivity contribution in [2.24, 2.45) is 11.8 Å². The average molecular weight is 172 g/mol. The lowest BCUT2D eigenvalue weighted by molar-refractivity contribution is -0.148. The second-order valence-corrected chi connectivity index (χ2v) is 3.02. The van der Waals surface area contributed by atoms with E-state index in [9.17, 15) is 9.90 Å². The van der Waals surface area contributed by atoms with Crippen LogP contribution in [-0.4, -0.2) is 24.3 Å². The number of aliphatic hydroxyl groups is 1. The van der Waals surface area contributed by atoms with Crippen LogP contribution in [-0.2, 0) is 9.53 Å². The molecule has 0 heterocycles. The molecule has 0 fully saturated rings. The van der Waals surface area contributed by atoms with E-state index in [1.54, 1.807) is 0 Å². The maximum atomic E-state index is 11.0. The van der Waals surface area contributed by atoms with E-state index >= 15 is 0 Å². The number of ether oxygens (including phenoxy) is 1. The Hall–Kier alpha value is -0.830. The van der Waals surface area contributed by atoms with Gasteiger partial charge in [0, 0.05) is 0 Å². The van der Waals surface area contributed by atoms with Crippen LogP contribution in [0.1, 0.15) is 13.8 Å². The Labute approximate surface area is 73.0 Å². The smallest absolute Gasteiger partial charge is 0.315 e. The number of hydrogen-bond donors (Lipinski definition) is 1. The van der Waals surface area contributed by atoms with Crippen molar-refractivity contribution in [3.63, 3.8) is 0 Å². The second-order valence-electron chi connectivity index (χ2n) is 3.02. The van der Waals surface area contributed by atoms with Gasteiger partial charge in [-0.3, -0.25) is 4.79 Å². The fourth-order valence-corrected chi connectivity index (χ4v) is 0.926. The summed E-state index contributed by atoms with van der Waals surface area (Å²) in [5.74, 6) is -1.03. The molecule has 0 rings (SSSR count). The highest BCUT2D eigenvalue weighted by Crippen LogP contribution is 2.14. The Kier molecular flexibility index (Phi) is 4.59. The van der Waals surface area contributed by atoms with Gasteiger partial charge in [-0.2, -0.15) is 0 Å². The Balaban J connectivity index is 4.33. The van der Waals surface area contributed by atoms with Gasteiger partial charge >= 0.3 is 5.97 Å². The molecule has 12 heavy (non-hydrogen) atoms. The lowest BCUT2D eigenvalue weighted by Gasteiger charge is -2.20. The van der Waals surface area contributed by atoms with Gasteiger partial charge < -0.3 is 9.84 Å². The molecule has 0 aromatic rings. The summed E-state index contributed by atoms with van der Waals surface area (Å²) in [5.41, 5.74) is 0. The van der Waals surface area contributed by atoms with E-state index in [1.807, 2.05) is 13.8 Å². The molecule has 2 atom stereocenters. The standard InChI is InChI=1S/C9H16O3/c1-5-7(9(11)12-4)8(10)6(2)3/h5-8,10H,1H2,2-4H3/t7-,8+/m1/s1. The molecule has 0 aromatic heterocycles. The van der Waals surface area contributed by atoms with E-state index in [1.165, 1.54) is 13.2 Å². The van der Waals surface area contributed by atoms with Crippen molar-refractivity contribution in [3.05, 3.63) is 12.7 Å². The third-order valence-corrected chi connectivity index (χ3v) is 1.78. The minimum absolute atomic E-state index is 0.0205. The Bertz CT molecular complexity index is 163. The molecule has 0 amide bonds. The predicted molar refractivity (Wildman–Crippen MR) is 46.5 cm³/mol. The second kappa shape index (κ2) is 4.93. The Morgan fingerprint density at radius 1 is 1.58 bits per heavy atom. The molecule has 1 N–H and O–H groups in total. The van der Waals surface area contributed by atoms with Gasteiger partial charge in [0.05, 0.1) is 13.2 Å². The average Bonchev–Trinajstić information content (AvgIpc) is 2.05. The molecule has 0 saturated heterocycles. The molecule has 0 bridgehead atoms. The summed E-state index contributed by atoms with van der Waals surface area (Å²) >= 11 is 0. The summed E-state index contributed by atoms with van der Waals surface area (Å²) in [6.07, 6.45) is 0.700. The largest absolute Gasteiger partial charge is 0.468 e. The number of esters is 1. The molecule has 0 radical (unpaired) electrons. The van der Waals surface area contributed by atoms with Crippen LogP contribution in [0.2, 0.25) is 0 Å². The van der Waals surface area contributed by atoms with E-state index in [0.29, 0.717) is 0 Å². The highest BCUT2D eigenvalue weighted by Gasteiger charge is 2.26. The maximum Gasteiger partial charge on any atom is 0.315 e. The van der Waals surface area contributed by atoms with Crippen molar-refractivity contribution in [2.75, 3.05) is 7.11 Å². The van der Waals surface area contributed by atoms with Gasteiger partial charge in [0.15, 0.2) is 0 Å². The Morgan fingerprint density at radius 3 is 2.33 bits per heavy atom. The van der Waals surface area contributed by atoms with Gasteiger partial charge in [-0.15, -0.1) is 6.58 Å². The first-order valence-corrected chi connectivity index (χ1v) is 3.93. The molecule has 0 unspecified atom stereocenters. The number of carbonyl (C=O) groups excluding carboxylic acids is 1. The summed E-state index contributed by atoms with van der Waals surface area (Å²) in [6, 6.07) is 0. The summed E-state index contributed by atoms with van der Waals surface area (Å²) in [6.45, 7) is 7.15. The molecule has 0 spiro atoms. The van der Waals surface area contributed by atoms with Gasteiger partial charge in [-0.25, -0.2) is 0 Å². The van der Waals surface area contributed by atoms with E-state index in [-0.39, 0.29) is 5.92 Å². The molecule has 0 saturated carbocycles. The zero-order valence-corrected chi connectivity index (χ0v) is 7.78. The predicted octanol–water partition coefficient (Wildman–Crippen LogP) is 0.978. The van der Waals surface area contributed by atoms with Gasteiger partial charge in [0.2, 0.25) is 0 Å². The minimum Gasteiger partial charge on any atom is -0.468 e. The molecule has 0 aliphatic heterocycles. The van der Waals surface area contributed by atoms with E-state index < -0.39 is 18.0 Å². The van der Waals surface area contributed by atoms with Crippen molar-refractivity contribution < 1.29 is 14.6 Å². The topological polar surface area (TPSA) is 46.5 Å². The van der Waals surface area contributed by atoms with Gasteiger partial charge in [-0.05, 0) is 5.92 Å². The lowest BCUT2D eigenvalue weighted by atomic mass is 9.93. The minimum atomic E-state index is -0.713. The molecule has 3 heteroatoms. The van der Waals surface area contributed by atoms with Crippen molar-refractivity contribution in [3.8, 4) is 0 Å². The van der Waals surface area contributed by atoms with Crippen molar-refractivity contribution in [1.29, 1.82) is 0 Å². The number of hydrogen-bond acceptors (Lipinski definition) is 3. The molecule has 0 aliphatic carbocycles. The molecule has 0 aromatic carbocycles. The summed E-state index contributed by atoms with van der Waals surface area (Å²) in [5, 5.41) is 9.52. The monoisotopic (exact) mass is 172 g/mol. The Morgan fingerprint density at radius 2 is 2.08 bits per heavy atom. The first-order chi connectivity index (χ1) is 5.54. The number of carbonyl (C=O) groups is 1. The van der Waals surface area contributed by atoms with E-state index in [2.05, 4.69) is 11.3 Å². The van der Waals surface area contributed by atoms with Crippen LogP contribution in [0.25, 0.3) is 0 Å². The van der Waals surface area contributed by atoms with Crippen LogP contribution in [0.3, 0.4) is 0 Å². The number of methoxy groups -OCH3 is 1. The third-order valence-electron chi connectivity index (χ3n) is 1.78. The SMILES string of the molecule is C=C[C@@H](C(=O)OC)[C@@H](O)C(C)C. The summed E-state index contributed by atoms with van der Waals surface area (Å²) in [7, 11) is 1.30. The van der Waals surface area contributed by atoms with Crippen molar-refractivity contribution in [2.45, 2.75) is 20.0 Å². The fraction of sp³-hybridized carbons (Fsp3) is 0.667. The molecule has 3 nitrogen and oxygen atoms in total. The van der Waals surface area contributed by atoms with Crippen LogP contribution in [0.5, 0.6) is 0 Å². The fourth-order valence-electron chi connectivity index (χ4n) is 0.926. The van der Waals surface area contributed by atoms with Crippen LogP contribution < -0.4 is 0 Å². The normalized spacial score (nSPS) is 15.4. The summed E-state index contributed by atoms with van der Waals surface area (Å²) in [4.78, 5) is 11.0. The van der Waals surface area contributed by atoms with Crippen LogP contribution in [0.15, 0.2) is 12.7 Å². The van der Waals surface area contributed by atoms with Gasteiger partial charge in [0.25, 0.3) is 0 Å². The first-order valence-electron chi connectivity index (χ1n) is 3.93. The third kappa shape index (κ3) is 2.66. The van der Waals surface area contributed by atoms with Crippen molar-refractivity contribution >= 4 is 5.97 Å². The van der Waals surface area contributed by atoms with Crippen LogP contribution in [0, 0.1) is 11.8 Å². The maximum absolute atomic E-state index is 11.0. The van der Waals surface area contributed by atoms with Gasteiger partial charge in [0.1, 0.15) is 5.92 Å². The highest BCUT2D eigenvalue weighted by molar-refractivity contribution is 5.74. The van der Waals surface area contributed by atoms with Crippen molar-refractivity contribution in [1.82, 2.24) is 0 Å². The highest BCUT2D eigenvalue weighted by atomic mass is 16.5. The van der Waals surface area contributed by atoms with Gasteiger partial charge in [-0.1, -0.05) is 19.9 Å². The molecule has 0 aliphatic rings. The molecular weight excluding hydrogens is 156 g/mol. The number of aliphatic hydroxyl groups excluding tert-OH is 1. The summed E-state index contributed by atoms with van der Waals surface area (Å²) < 4.78 is 4.50. The zero-order chi connectivity index (χ0) is 9.72. The quantitative estimate of drug-likeness (QED) is 0.508. The van der Waals surface area contributed by atoms with Crippen LogP contribution in [0.4, 0.5) is 0 Å². The van der Waals surface area contributed by atoms with E-state index in [0.717, 1.165) is 0 Å². The van der Waals surface area contributed by atoms with Crippen LogP contribution >= 0.6 is 0 Å².